The maximum atomic E-state index is 5.72. The van der Waals surface area contributed by atoms with Gasteiger partial charge in [0.2, 0.25) is 0 Å². The topological polar surface area (TPSA) is 53.1 Å². The molecule has 0 spiro atoms. The number of benzene rings is 1. The second kappa shape index (κ2) is 4.49. The van der Waals surface area contributed by atoms with Crippen LogP contribution in [0, 0.1) is 20.8 Å². The Hall–Kier alpha value is -1.97. The van der Waals surface area contributed by atoms with Crippen LogP contribution in [0.1, 0.15) is 16.8 Å². The first-order chi connectivity index (χ1) is 8.06. The predicted octanol–water partition coefficient (Wildman–Crippen LogP) is 2.43. The zero-order chi connectivity index (χ0) is 12.4. The lowest BCUT2D eigenvalue weighted by Gasteiger charge is -2.10. The van der Waals surface area contributed by atoms with Gasteiger partial charge in [-0.15, -0.1) is 0 Å². The van der Waals surface area contributed by atoms with Crippen molar-refractivity contribution >= 4 is 5.82 Å². The number of nitrogen functional groups attached to an aromatic ring is 1. The Bertz CT molecular complexity index is 531. The molecule has 0 bridgehead atoms. The molecule has 1 aromatic carbocycles. The Balaban J connectivity index is 2.10. The fraction of sp³-hybridized carbons (Fsp3) is 0.308. The molecule has 0 unspecified atom stereocenters. The van der Waals surface area contributed by atoms with Gasteiger partial charge in [-0.3, -0.25) is 0 Å². The van der Waals surface area contributed by atoms with Crippen LogP contribution < -0.4 is 10.5 Å². The quantitative estimate of drug-likeness (QED) is 0.882. The second-order valence-corrected chi connectivity index (χ2v) is 4.25. The van der Waals surface area contributed by atoms with Gasteiger partial charge < -0.3 is 10.5 Å². The van der Waals surface area contributed by atoms with E-state index in [0.717, 1.165) is 17.0 Å². The lowest BCUT2D eigenvalue weighted by molar-refractivity contribution is 0.217. The molecule has 1 heterocycles. The summed E-state index contributed by atoms with van der Waals surface area (Å²) >= 11 is 0. The Kier molecular flexibility index (Phi) is 3.04. The summed E-state index contributed by atoms with van der Waals surface area (Å²) in [5.74, 6) is 1.40. The number of hydrogen-bond donors (Lipinski definition) is 1. The molecule has 0 saturated heterocycles. The lowest BCUT2D eigenvalue weighted by Crippen LogP contribution is -2.09. The highest BCUT2D eigenvalue weighted by atomic mass is 16.5. The molecule has 0 aliphatic carbocycles. The van der Waals surface area contributed by atoms with Gasteiger partial charge in [-0.05, 0) is 32.4 Å². The van der Waals surface area contributed by atoms with E-state index in [9.17, 15) is 0 Å². The number of hydrogen-bond acceptors (Lipinski definition) is 3. The molecular weight excluding hydrogens is 214 g/mol. The number of aryl methyl sites for hydroxylation is 3. The molecule has 0 saturated carbocycles. The number of aromatic nitrogens is 2. The number of ether oxygens (including phenoxy) is 1. The fourth-order valence-electron chi connectivity index (χ4n) is 1.76. The third-order valence-corrected chi connectivity index (χ3v) is 2.67. The van der Waals surface area contributed by atoms with Crippen molar-refractivity contribution in [2.75, 3.05) is 5.73 Å². The molecule has 0 fully saturated rings. The summed E-state index contributed by atoms with van der Waals surface area (Å²) in [4.78, 5) is 0. The van der Waals surface area contributed by atoms with Crippen LogP contribution in [-0.4, -0.2) is 9.78 Å². The van der Waals surface area contributed by atoms with E-state index < -0.39 is 0 Å². The summed E-state index contributed by atoms with van der Waals surface area (Å²) in [7, 11) is 0. The molecule has 0 aliphatic heterocycles. The molecule has 0 amide bonds. The largest absolute Gasteiger partial charge is 0.471 e. The summed E-state index contributed by atoms with van der Waals surface area (Å²) in [6, 6.07) is 7.94. The van der Waals surface area contributed by atoms with Gasteiger partial charge in [-0.1, -0.05) is 17.7 Å². The molecule has 0 radical (unpaired) electrons. The van der Waals surface area contributed by atoms with E-state index in [1.807, 2.05) is 32.0 Å². The summed E-state index contributed by atoms with van der Waals surface area (Å²) in [6.45, 7) is 6.43. The van der Waals surface area contributed by atoms with E-state index in [-0.39, 0.29) is 0 Å². The van der Waals surface area contributed by atoms with Crippen LogP contribution in [0.5, 0.6) is 5.75 Å². The van der Waals surface area contributed by atoms with E-state index in [0.29, 0.717) is 12.5 Å². The molecule has 2 aromatic rings. The van der Waals surface area contributed by atoms with Gasteiger partial charge in [0.05, 0.1) is 0 Å². The zero-order valence-corrected chi connectivity index (χ0v) is 10.4. The van der Waals surface area contributed by atoms with Gasteiger partial charge in [0.15, 0.2) is 6.73 Å². The number of nitrogens with zero attached hydrogens (tertiary/aromatic N) is 2. The molecule has 17 heavy (non-hydrogen) atoms. The molecule has 90 valence electrons. The van der Waals surface area contributed by atoms with Crippen LogP contribution in [0.25, 0.3) is 0 Å². The van der Waals surface area contributed by atoms with E-state index >= 15 is 0 Å². The summed E-state index contributed by atoms with van der Waals surface area (Å²) in [6.07, 6.45) is 0. The minimum atomic E-state index is 0.382. The van der Waals surface area contributed by atoms with Crippen molar-refractivity contribution in [3.63, 3.8) is 0 Å². The summed E-state index contributed by atoms with van der Waals surface area (Å²) in [5, 5.41) is 4.14. The van der Waals surface area contributed by atoms with Crippen molar-refractivity contribution in [1.82, 2.24) is 9.78 Å². The monoisotopic (exact) mass is 231 g/mol. The SMILES string of the molecule is Cc1ccc(OCn2nc(N)cc2C)c(C)c1. The smallest absolute Gasteiger partial charge is 0.181 e. The molecule has 4 nitrogen and oxygen atoms in total. The first-order valence-corrected chi connectivity index (χ1v) is 5.56. The van der Waals surface area contributed by atoms with Crippen molar-refractivity contribution in [3.8, 4) is 5.75 Å². The van der Waals surface area contributed by atoms with Gasteiger partial charge in [-0.2, -0.15) is 5.10 Å². The van der Waals surface area contributed by atoms with Crippen molar-refractivity contribution in [2.45, 2.75) is 27.5 Å². The summed E-state index contributed by atoms with van der Waals surface area (Å²) < 4.78 is 7.46. The minimum absolute atomic E-state index is 0.382. The van der Waals surface area contributed by atoms with Gasteiger partial charge in [0.1, 0.15) is 11.6 Å². The predicted molar refractivity (Wildman–Crippen MR) is 67.9 cm³/mol. The molecular formula is C13H17N3O. The molecule has 2 N–H and O–H groups in total. The van der Waals surface area contributed by atoms with Gasteiger partial charge in [-0.25, -0.2) is 4.68 Å². The van der Waals surface area contributed by atoms with Gasteiger partial charge in [0, 0.05) is 11.8 Å². The maximum Gasteiger partial charge on any atom is 0.181 e. The van der Waals surface area contributed by atoms with E-state index in [1.165, 1.54) is 5.56 Å². The van der Waals surface area contributed by atoms with Gasteiger partial charge >= 0.3 is 0 Å². The first kappa shape index (κ1) is 11.5. The average molecular weight is 231 g/mol. The Morgan fingerprint density at radius 3 is 2.59 bits per heavy atom. The Morgan fingerprint density at radius 1 is 1.24 bits per heavy atom. The maximum absolute atomic E-state index is 5.72. The third kappa shape index (κ3) is 2.58. The molecule has 1 aromatic heterocycles. The van der Waals surface area contributed by atoms with Crippen LogP contribution in [0.4, 0.5) is 5.82 Å². The van der Waals surface area contributed by atoms with Crippen LogP contribution in [0.3, 0.4) is 0 Å². The molecule has 0 aliphatic rings. The van der Waals surface area contributed by atoms with Crippen LogP contribution in [-0.2, 0) is 6.73 Å². The van der Waals surface area contributed by atoms with Crippen molar-refractivity contribution < 1.29 is 4.74 Å². The van der Waals surface area contributed by atoms with Gasteiger partial charge in [0.25, 0.3) is 0 Å². The third-order valence-electron chi connectivity index (χ3n) is 2.67. The highest BCUT2D eigenvalue weighted by Gasteiger charge is 2.03. The normalized spacial score (nSPS) is 10.5. The van der Waals surface area contributed by atoms with E-state index in [4.69, 9.17) is 10.5 Å². The molecule has 2 rings (SSSR count). The lowest BCUT2D eigenvalue weighted by atomic mass is 10.1. The van der Waals surface area contributed by atoms with Crippen molar-refractivity contribution in [1.29, 1.82) is 0 Å². The van der Waals surface area contributed by atoms with Crippen LogP contribution in [0.15, 0.2) is 24.3 Å². The number of anilines is 1. The van der Waals surface area contributed by atoms with Crippen LogP contribution >= 0.6 is 0 Å². The highest BCUT2D eigenvalue weighted by molar-refractivity contribution is 5.35. The first-order valence-electron chi connectivity index (χ1n) is 5.56. The number of nitrogens with two attached hydrogens (primary N) is 1. The standard InChI is InChI=1S/C13H17N3O/c1-9-4-5-12(10(2)6-9)17-8-16-11(3)7-13(14)15-16/h4-7H,8H2,1-3H3,(H2,14,15). The Labute approximate surface area is 101 Å². The molecule has 4 heteroatoms. The fourth-order valence-corrected chi connectivity index (χ4v) is 1.76. The van der Waals surface area contributed by atoms with E-state index in [1.54, 1.807) is 4.68 Å². The summed E-state index contributed by atoms with van der Waals surface area (Å²) in [5.41, 5.74) is 8.96. The van der Waals surface area contributed by atoms with Crippen molar-refractivity contribution in [3.05, 3.63) is 41.1 Å². The number of rotatable bonds is 3. The van der Waals surface area contributed by atoms with Crippen molar-refractivity contribution in [2.24, 2.45) is 0 Å². The Morgan fingerprint density at radius 2 is 2.00 bits per heavy atom. The van der Waals surface area contributed by atoms with E-state index in [2.05, 4.69) is 18.1 Å². The zero-order valence-electron chi connectivity index (χ0n) is 10.4. The average Bonchev–Trinajstić information content (AvgIpc) is 2.56. The minimum Gasteiger partial charge on any atom is -0.471 e. The second-order valence-electron chi connectivity index (χ2n) is 4.25. The molecule has 0 atom stereocenters. The van der Waals surface area contributed by atoms with Crippen LogP contribution in [0.2, 0.25) is 0 Å². The highest BCUT2D eigenvalue weighted by Crippen LogP contribution is 2.19.